The summed E-state index contributed by atoms with van der Waals surface area (Å²) in [5.41, 5.74) is 0. The highest BCUT2D eigenvalue weighted by atomic mass is 31.2. The number of phosphoric ester groups is 1. The monoisotopic (exact) mass is 929 g/mol. The zero-order valence-corrected chi connectivity index (χ0v) is 44.7. The summed E-state index contributed by atoms with van der Waals surface area (Å²) in [6.07, 6.45) is 55.8. The number of amides is 1. The lowest BCUT2D eigenvalue weighted by atomic mass is 10.0. The van der Waals surface area contributed by atoms with Crippen molar-refractivity contribution in [3.63, 3.8) is 0 Å². The number of carbonyl (C=O) groups excluding carboxylic acids is 1. The molecule has 0 aliphatic rings. The number of aliphatic hydroxyl groups excluding tert-OH is 1. The number of hydrogen-bond acceptors (Lipinski definition) is 6. The Morgan fingerprint density at radius 1 is 0.484 bits per heavy atom. The second-order valence-corrected chi connectivity index (χ2v) is 22.4. The van der Waals surface area contributed by atoms with Crippen molar-refractivity contribution in [1.82, 2.24) is 5.32 Å². The van der Waals surface area contributed by atoms with E-state index in [1.54, 1.807) is 0 Å². The first-order valence-corrected chi connectivity index (χ1v) is 29.8. The third-order valence-electron chi connectivity index (χ3n) is 13.3. The molecule has 2 N–H and O–H groups in total. The standard InChI is InChI=1S/C55H113N2O6P/c1-6-8-10-12-14-16-18-20-21-22-23-24-25-26-27-28-29-30-31-32-33-34-35-36-37-38-40-42-44-46-48-54(58)53(52-63-64(60,61)62-51-50-57(3,4)5)56-55(59)49-47-45-43-41-39-19-17-15-13-11-9-7-2/h53-54,58H,6-52H2,1-5H3,(H-,56,59,60,61). The van der Waals surface area contributed by atoms with E-state index < -0.39 is 20.0 Å². The number of quaternary nitrogens is 1. The number of unbranched alkanes of at least 4 members (excludes halogenated alkanes) is 40. The van der Waals surface area contributed by atoms with E-state index in [4.69, 9.17) is 9.05 Å². The van der Waals surface area contributed by atoms with Crippen LogP contribution in [0.25, 0.3) is 0 Å². The van der Waals surface area contributed by atoms with Gasteiger partial charge in [-0.25, -0.2) is 0 Å². The fraction of sp³-hybridized carbons (Fsp3) is 0.982. The Labute approximate surface area is 399 Å². The number of phosphoric acid groups is 1. The van der Waals surface area contributed by atoms with Crippen LogP contribution in [0.15, 0.2) is 0 Å². The lowest BCUT2D eigenvalue weighted by Crippen LogP contribution is -2.46. The maximum Gasteiger partial charge on any atom is 0.268 e. The normalized spacial score (nSPS) is 13.9. The van der Waals surface area contributed by atoms with Crippen LogP contribution >= 0.6 is 7.82 Å². The number of carbonyl (C=O) groups is 1. The molecular formula is C55H113N2O6P. The fourth-order valence-corrected chi connectivity index (χ4v) is 9.59. The molecule has 8 nitrogen and oxygen atoms in total. The summed E-state index contributed by atoms with van der Waals surface area (Å²) in [5.74, 6) is -0.160. The second kappa shape index (κ2) is 47.6. The van der Waals surface area contributed by atoms with Crippen molar-refractivity contribution in [1.29, 1.82) is 0 Å². The van der Waals surface area contributed by atoms with Gasteiger partial charge in [-0.2, -0.15) is 0 Å². The smallest absolute Gasteiger partial charge is 0.268 e. The molecule has 0 saturated heterocycles. The summed E-state index contributed by atoms with van der Waals surface area (Å²) in [6, 6.07) is -0.794. The van der Waals surface area contributed by atoms with Gasteiger partial charge in [0.15, 0.2) is 0 Å². The number of likely N-dealkylation sites (N-methyl/N-ethyl adjacent to an activating group) is 1. The number of rotatable bonds is 53. The Bertz CT molecular complexity index is 1010. The summed E-state index contributed by atoms with van der Waals surface area (Å²) in [7, 11) is 1.32. The Morgan fingerprint density at radius 3 is 1.06 bits per heavy atom. The summed E-state index contributed by atoms with van der Waals surface area (Å²) in [6.45, 7) is 4.76. The maximum atomic E-state index is 12.9. The van der Waals surface area contributed by atoms with Crippen molar-refractivity contribution in [3.05, 3.63) is 0 Å². The third kappa shape index (κ3) is 49.4. The van der Waals surface area contributed by atoms with E-state index in [1.807, 2.05) is 21.1 Å². The van der Waals surface area contributed by atoms with Crippen LogP contribution in [0.4, 0.5) is 0 Å². The molecule has 1 amide bonds. The van der Waals surface area contributed by atoms with Crippen molar-refractivity contribution in [2.75, 3.05) is 40.9 Å². The minimum atomic E-state index is -4.56. The summed E-state index contributed by atoms with van der Waals surface area (Å²) >= 11 is 0. The van der Waals surface area contributed by atoms with Crippen LogP contribution in [-0.4, -0.2) is 68.5 Å². The molecule has 0 aromatic carbocycles. The van der Waals surface area contributed by atoms with Gasteiger partial charge < -0.3 is 28.8 Å². The molecule has 0 saturated carbocycles. The van der Waals surface area contributed by atoms with Crippen LogP contribution in [0.1, 0.15) is 296 Å². The summed E-state index contributed by atoms with van der Waals surface area (Å²) < 4.78 is 23.4. The van der Waals surface area contributed by atoms with E-state index in [9.17, 15) is 19.4 Å². The highest BCUT2D eigenvalue weighted by Gasteiger charge is 2.24. The van der Waals surface area contributed by atoms with Crippen molar-refractivity contribution >= 4 is 13.7 Å². The van der Waals surface area contributed by atoms with Gasteiger partial charge in [0.05, 0.1) is 39.9 Å². The first-order valence-electron chi connectivity index (χ1n) is 28.4. The second-order valence-electron chi connectivity index (χ2n) is 21.0. The molecular weight excluding hydrogens is 816 g/mol. The van der Waals surface area contributed by atoms with Crippen LogP contribution in [0, 0.1) is 0 Å². The number of nitrogens with one attached hydrogen (secondary N) is 1. The van der Waals surface area contributed by atoms with Gasteiger partial charge in [0.1, 0.15) is 13.2 Å². The molecule has 3 atom stereocenters. The molecule has 0 aromatic rings. The molecule has 0 rings (SSSR count). The number of hydrogen-bond donors (Lipinski definition) is 2. The van der Waals surface area contributed by atoms with Gasteiger partial charge in [0.2, 0.25) is 5.91 Å². The van der Waals surface area contributed by atoms with Gasteiger partial charge in [-0.1, -0.05) is 277 Å². The molecule has 0 heterocycles. The molecule has 3 unspecified atom stereocenters. The summed E-state index contributed by atoms with van der Waals surface area (Å²) in [5, 5.41) is 14.0. The highest BCUT2D eigenvalue weighted by molar-refractivity contribution is 7.45. The van der Waals surface area contributed by atoms with Gasteiger partial charge in [-0.3, -0.25) is 9.36 Å². The van der Waals surface area contributed by atoms with E-state index in [0.29, 0.717) is 23.9 Å². The average molecular weight is 929 g/mol. The number of aliphatic hydroxyl groups is 1. The number of nitrogens with zero attached hydrogens (tertiary/aromatic N) is 1. The van der Waals surface area contributed by atoms with E-state index >= 15 is 0 Å². The van der Waals surface area contributed by atoms with Gasteiger partial charge in [0, 0.05) is 6.42 Å². The van der Waals surface area contributed by atoms with E-state index in [1.165, 1.54) is 231 Å². The van der Waals surface area contributed by atoms with Crippen molar-refractivity contribution in [2.24, 2.45) is 0 Å². The Morgan fingerprint density at radius 2 is 0.766 bits per heavy atom. The molecule has 9 heteroatoms. The summed E-state index contributed by atoms with van der Waals surface area (Å²) in [4.78, 5) is 25.4. The van der Waals surface area contributed by atoms with E-state index in [2.05, 4.69) is 19.2 Å². The lowest BCUT2D eigenvalue weighted by Gasteiger charge is -2.30. The van der Waals surface area contributed by atoms with Crippen LogP contribution in [0.3, 0.4) is 0 Å². The van der Waals surface area contributed by atoms with E-state index in [0.717, 1.165) is 38.5 Å². The largest absolute Gasteiger partial charge is 0.756 e. The minimum absolute atomic E-state index is 0.0164. The van der Waals surface area contributed by atoms with Crippen molar-refractivity contribution in [2.45, 2.75) is 309 Å². The van der Waals surface area contributed by atoms with Gasteiger partial charge in [-0.15, -0.1) is 0 Å². The predicted octanol–water partition coefficient (Wildman–Crippen LogP) is 16.2. The Kier molecular flexibility index (Phi) is 47.2. The SMILES string of the molecule is CCCCCCCCCCCCCCCCCCCCCCCCCCCCCCCCC(O)C(COP(=O)([O-])OCC[N+](C)(C)C)NC(=O)CCCCCCCCCCCCCC. The first kappa shape index (κ1) is 63.5. The zero-order chi connectivity index (χ0) is 47.1. The van der Waals surface area contributed by atoms with Crippen LogP contribution in [0.5, 0.6) is 0 Å². The molecule has 0 aliphatic heterocycles. The predicted molar refractivity (Wildman–Crippen MR) is 275 cm³/mol. The average Bonchev–Trinajstić information content (AvgIpc) is 3.25. The molecule has 0 aliphatic carbocycles. The molecule has 0 fully saturated rings. The van der Waals surface area contributed by atoms with Crippen molar-refractivity contribution < 1.29 is 32.9 Å². The molecule has 0 bridgehead atoms. The Hall–Kier alpha value is -0.500. The van der Waals surface area contributed by atoms with Crippen LogP contribution in [-0.2, 0) is 18.4 Å². The van der Waals surface area contributed by atoms with Gasteiger partial charge in [-0.05, 0) is 12.8 Å². The topological polar surface area (TPSA) is 108 Å². The third-order valence-corrected chi connectivity index (χ3v) is 14.3. The molecule has 0 radical (unpaired) electrons. The molecule has 384 valence electrons. The zero-order valence-electron chi connectivity index (χ0n) is 43.8. The van der Waals surface area contributed by atoms with E-state index in [-0.39, 0.29) is 19.1 Å². The highest BCUT2D eigenvalue weighted by Crippen LogP contribution is 2.38. The van der Waals surface area contributed by atoms with Crippen LogP contribution in [0.2, 0.25) is 0 Å². The quantitative estimate of drug-likeness (QED) is 0.0357. The van der Waals surface area contributed by atoms with Crippen molar-refractivity contribution in [3.8, 4) is 0 Å². The lowest BCUT2D eigenvalue weighted by molar-refractivity contribution is -0.870. The first-order chi connectivity index (χ1) is 31.0. The maximum absolute atomic E-state index is 12.9. The molecule has 0 aromatic heterocycles. The fourth-order valence-electron chi connectivity index (χ4n) is 8.87. The van der Waals surface area contributed by atoms with Gasteiger partial charge in [0.25, 0.3) is 7.82 Å². The molecule has 64 heavy (non-hydrogen) atoms. The van der Waals surface area contributed by atoms with Gasteiger partial charge >= 0.3 is 0 Å². The van der Waals surface area contributed by atoms with Crippen LogP contribution < -0.4 is 10.2 Å². The minimum Gasteiger partial charge on any atom is -0.756 e. The molecule has 0 spiro atoms. The Balaban J connectivity index is 3.99.